The zero-order valence-electron chi connectivity index (χ0n) is 29.4. The van der Waals surface area contributed by atoms with Crippen molar-refractivity contribution in [3.63, 3.8) is 0 Å². The van der Waals surface area contributed by atoms with Crippen molar-refractivity contribution in [3.05, 3.63) is 24.3 Å². The minimum atomic E-state index is 0.251. The second-order valence-corrected chi connectivity index (χ2v) is 13.4. The average Bonchev–Trinajstić information content (AvgIpc) is 3.47. The molecule has 1 aliphatic heterocycles. The molecule has 0 aromatic rings. The second kappa shape index (κ2) is 34.2. The maximum absolute atomic E-state index is 6.22. The summed E-state index contributed by atoms with van der Waals surface area (Å²) >= 11 is 0. The molecule has 2 atom stereocenters. The highest BCUT2D eigenvalue weighted by Gasteiger charge is 2.28. The Balaban J connectivity index is 1.81. The van der Waals surface area contributed by atoms with E-state index in [0.717, 1.165) is 26.3 Å². The quantitative estimate of drug-likeness (QED) is 0.0586. The van der Waals surface area contributed by atoms with E-state index in [1.54, 1.807) is 0 Å². The molecule has 1 fully saturated rings. The van der Waals surface area contributed by atoms with Gasteiger partial charge in [0.05, 0.1) is 12.2 Å². The van der Waals surface area contributed by atoms with Crippen molar-refractivity contribution in [1.29, 1.82) is 0 Å². The molecule has 0 amide bonds. The van der Waals surface area contributed by atoms with Gasteiger partial charge in [-0.05, 0) is 64.2 Å². The van der Waals surface area contributed by atoms with Gasteiger partial charge in [0.1, 0.15) is 0 Å². The van der Waals surface area contributed by atoms with Crippen LogP contribution in [0, 0.1) is 0 Å². The molecule has 1 rings (SSSR count). The normalized spacial score (nSPS) is 17.3. The monoisotopic (exact) mass is 604 g/mol. The van der Waals surface area contributed by atoms with Crippen LogP contribution >= 0.6 is 0 Å². The zero-order chi connectivity index (χ0) is 30.7. The van der Waals surface area contributed by atoms with E-state index in [1.165, 1.54) is 180 Å². The zero-order valence-corrected chi connectivity index (χ0v) is 29.4. The Bertz CT molecular complexity index is 539. The maximum atomic E-state index is 6.22. The molecule has 1 aliphatic rings. The topological polar surface area (TPSA) is 30.5 Å². The van der Waals surface area contributed by atoms with Gasteiger partial charge in [0.15, 0.2) is 0 Å². The third-order valence-corrected chi connectivity index (χ3v) is 9.08. The van der Waals surface area contributed by atoms with Crippen LogP contribution in [0.5, 0.6) is 0 Å². The number of rotatable bonds is 34. The van der Waals surface area contributed by atoms with Gasteiger partial charge in [-0.25, -0.2) is 0 Å². The lowest BCUT2D eigenvalue weighted by molar-refractivity contribution is -0.0481. The molecular weight excluding hydrogens is 526 g/mol. The fourth-order valence-electron chi connectivity index (χ4n) is 6.13. The number of hydrogen-bond donors (Lipinski definition) is 1. The molecule has 1 saturated heterocycles. The fraction of sp³-hybridized carbons (Fsp3) is 0.900. The van der Waals surface area contributed by atoms with Gasteiger partial charge in [0.2, 0.25) is 0 Å². The summed E-state index contributed by atoms with van der Waals surface area (Å²) in [4.78, 5) is 0. The van der Waals surface area contributed by atoms with Crippen LogP contribution in [0.4, 0.5) is 0 Å². The first kappa shape index (κ1) is 40.4. The molecule has 0 spiro atoms. The molecule has 0 unspecified atom stereocenters. The lowest BCUT2D eigenvalue weighted by atomic mass is 10.1. The Hall–Kier alpha value is -0.640. The third-order valence-electron chi connectivity index (χ3n) is 9.08. The Kier molecular flexibility index (Phi) is 32.2. The number of nitrogens with one attached hydrogen (secondary N) is 1. The minimum Gasteiger partial charge on any atom is -0.374 e. The maximum Gasteiger partial charge on any atom is 0.0973 e. The molecule has 0 radical (unpaired) electrons. The van der Waals surface area contributed by atoms with Crippen LogP contribution in [0.15, 0.2) is 24.3 Å². The standard InChI is InChI=1S/C40H77NO2/c1-3-5-7-9-11-13-15-17-19-21-23-25-27-29-31-33-35-42-39-37-41-38-40(39)43-36-34-32-30-28-26-24-22-20-18-16-14-12-10-8-6-4-2/h13-16,39-41H,3-12,17-38H2,1-2H3/b15-13-,16-14-/t39-,40-/m1/s1. The van der Waals surface area contributed by atoms with Gasteiger partial charge in [0.25, 0.3) is 0 Å². The van der Waals surface area contributed by atoms with Crippen molar-refractivity contribution in [2.24, 2.45) is 0 Å². The Morgan fingerprint density at radius 2 is 0.674 bits per heavy atom. The van der Waals surface area contributed by atoms with Crippen molar-refractivity contribution in [2.45, 2.75) is 206 Å². The van der Waals surface area contributed by atoms with E-state index >= 15 is 0 Å². The van der Waals surface area contributed by atoms with Crippen LogP contribution in [0.1, 0.15) is 194 Å². The van der Waals surface area contributed by atoms with Crippen LogP contribution in [-0.4, -0.2) is 38.5 Å². The first-order valence-corrected chi connectivity index (χ1v) is 19.6. The Morgan fingerprint density at radius 1 is 0.395 bits per heavy atom. The van der Waals surface area contributed by atoms with Crippen LogP contribution in [0.3, 0.4) is 0 Å². The summed E-state index contributed by atoms with van der Waals surface area (Å²) in [6.45, 7) is 8.26. The van der Waals surface area contributed by atoms with Gasteiger partial charge in [-0.3, -0.25) is 0 Å². The van der Waals surface area contributed by atoms with Crippen LogP contribution in [-0.2, 0) is 9.47 Å². The van der Waals surface area contributed by atoms with Crippen molar-refractivity contribution >= 4 is 0 Å². The third kappa shape index (κ3) is 28.6. The summed E-state index contributed by atoms with van der Waals surface area (Å²) in [7, 11) is 0. The average molecular weight is 604 g/mol. The Morgan fingerprint density at radius 3 is 1.00 bits per heavy atom. The number of unbranched alkanes of at least 4 members (excludes halogenated alkanes) is 24. The smallest absolute Gasteiger partial charge is 0.0973 e. The molecule has 254 valence electrons. The first-order chi connectivity index (χ1) is 21.4. The highest BCUT2D eigenvalue weighted by atomic mass is 16.5. The van der Waals surface area contributed by atoms with E-state index in [9.17, 15) is 0 Å². The molecule has 0 aromatic heterocycles. The van der Waals surface area contributed by atoms with E-state index in [-0.39, 0.29) is 12.2 Å². The van der Waals surface area contributed by atoms with E-state index in [2.05, 4.69) is 43.5 Å². The van der Waals surface area contributed by atoms with Crippen molar-refractivity contribution in [3.8, 4) is 0 Å². The summed E-state index contributed by atoms with van der Waals surface area (Å²) < 4.78 is 12.4. The number of allylic oxidation sites excluding steroid dienone is 4. The number of ether oxygens (including phenoxy) is 2. The van der Waals surface area contributed by atoms with Gasteiger partial charge in [0, 0.05) is 26.3 Å². The molecule has 0 saturated carbocycles. The van der Waals surface area contributed by atoms with Crippen LogP contribution < -0.4 is 5.32 Å². The van der Waals surface area contributed by atoms with Crippen LogP contribution in [0.2, 0.25) is 0 Å². The van der Waals surface area contributed by atoms with E-state index in [0.29, 0.717) is 0 Å². The lowest BCUT2D eigenvalue weighted by Gasteiger charge is -2.20. The number of hydrogen-bond acceptors (Lipinski definition) is 3. The molecule has 3 nitrogen and oxygen atoms in total. The van der Waals surface area contributed by atoms with Crippen molar-refractivity contribution in [2.75, 3.05) is 26.3 Å². The van der Waals surface area contributed by atoms with Gasteiger partial charge in [-0.15, -0.1) is 0 Å². The highest BCUT2D eigenvalue weighted by molar-refractivity contribution is 4.83. The van der Waals surface area contributed by atoms with Crippen molar-refractivity contribution in [1.82, 2.24) is 5.32 Å². The van der Waals surface area contributed by atoms with E-state index < -0.39 is 0 Å². The molecule has 0 aliphatic carbocycles. The van der Waals surface area contributed by atoms with Gasteiger partial charge >= 0.3 is 0 Å². The summed E-state index contributed by atoms with van der Waals surface area (Å²) in [5.41, 5.74) is 0. The molecule has 43 heavy (non-hydrogen) atoms. The van der Waals surface area contributed by atoms with E-state index in [4.69, 9.17) is 9.47 Å². The van der Waals surface area contributed by atoms with Crippen LogP contribution in [0.25, 0.3) is 0 Å². The minimum absolute atomic E-state index is 0.251. The van der Waals surface area contributed by atoms with Gasteiger partial charge in [-0.1, -0.05) is 154 Å². The highest BCUT2D eigenvalue weighted by Crippen LogP contribution is 2.15. The largest absolute Gasteiger partial charge is 0.374 e. The van der Waals surface area contributed by atoms with E-state index in [1.807, 2.05) is 0 Å². The van der Waals surface area contributed by atoms with Gasteiger partial charge < -0.3 is 14.8 Å². The molecule has 1 heterocycles. The summed E-state index contributed by atoms with van der Waals surface area (Å²) in [6, 6.07) is 0. The molecule has 0 bridgehead atoms. The fourth-order valence-corrected chi connectivity index (χ4v) is 6.13. The summed E-state index contributed by atoms with van der Waals surface area (Å²) in [6.07, 6.45) is 48.0. The first-order valence-electron chi connectivity index (χ1n) is 19.6. The molecule has 3 heteroatoms. The van der Waals surface area contributed by atoms with Crippen molar-refractivity contribution < 1.29 is 9.47 Å². The van der Waals surface area contributed by atoms with Gasteiger partial charge in [-0.2, -0.15) is 0 Å². The predicted molar refractivity (Wildman–Crippen MR) is 191 cm³/mol. The molecular formula is C40H77NO2. The summed E-state index contributed by atoms with van der Waals surface area (Å²) in [5, 5.41) is 3.48. The Labute approximate surface area is 270 Å². The lowest BCUT2D eigenvalue weighted by Crippen LogP contribution is -2.30. The second-order valence-electron chi connectivity index (χ2n) is 13.4. The summed E-state index contributed by atoms with van der Waals surface area (Å²) in [5.74, 6) is 0. The molecule has 1 N–H and O–H groups in total. The molecule has 0 aromatic carbocycles. The predicted octanol–water partition coefficient (Wildman–Crippen LogP) is 12.4. The SMILES string of the molecule is CCCCCC/C=C\CCCCCCCCCCO[C@@H]1CNC[C@H]1OCCCCCCCCCC/C=C\CCCCCC.